The lowest BCUT2D eigenvalue weighted by Gasteiger charge is -2.12. The molecule has 1 N–H and O–H groups in total. The second-order valence-corrected chi connectivity index (χ2v) is 6.47. The van der Waals surface area contributed by atoms with Crippen LogP contribution in [0, 0.1) is 5.82 Å². The Morgan fingerprint density at radius 3 is 2.65 bits per heavy atom. The van der Waals surface area contributed by atoms with E-state index in [2.05, 4.69) is 5.32 Å². The quantitative estimate of drug-likeness (QED) is 0.395. The Balaban J connectivity index is 1.75. The van der Waals surface area contributed by atoms with Gasteiger partial charge in [-0.25, -0.2) is 14.0 Å². The van der Waals surface area contributed by atoms with Crippen LogP contribution in [0.2, 0.25) is 0 Å². The summed E-state index contributed by atoms with van der Waals surface area (Å²) in [4.78, 5) is 37.3. The number of hydrogen-bond acceptors (Lipinski definition) is 6. The van der Waals surface area contributed by atoms with Crippen LogP contribution in [0.1, 0.15) is 18.1 Å². The molecule has 0 atom stereocenters. The molecule has 0 radical (unpaired) electrons. The smallest absolute Gasteiger partial charge is 0.344 e. The summed E-state index contributed by atoms with van der Waals surface area (Å²) in [5.41, 5.74) is 0.831. The molecule has 0 unspecified atom stereocenters. The minimum Gasteiger partial charge on any atom is -0.493 e. The standard InChI is InChI=1S/C22H21FN2O6/c1-3-30-20(26)13-31-18-9-8-14(11-19(18)29-2)10-17-21(27)25(22(28)24-17)12-15-6-4-5-7-16(15)23/h4-11H,3,12-13H2,1-2H3,(H,24,28)/b17-10+. The van der Waals surface area contributed by atoms with Gasteiger partial charge in [0.05, 0.1) is 20.3 Å². The third-order valence-electron chi connectivity index (χ3n) is 4.40. The molecule has 2 aromatic rings. The van der Waals surface area contributed by atoms with Gasteiger partial charge < -0.3 is 19.5 Å². The molecule has 2 aromatic carbocycles. The Kier molecular flexibility index (Phi) is 6.86. The van der Waals surface area contributed by atoms with Crippen LogP contribution in [-0.4, -0.2) is 43.1 Å². The summed E-state index contributed by atoms with van der Waals surface area (Å²) in [6.45, 7) is 1.49. The molecule has 1 aliphatic heterocycles. The average molecular weight is 428 g/mol. The van der Waals surface area contributed by atoms with E-state index in [1.165, 1.54) is 31.4 Å². The van der Waals surface area contributed by atoms with E-state index >= 15 is 0 Å². The second kappa shape index (κ2) is 9.75. The fraction of sp³-hybridized carbons (Fsp3) is 0.227. The van der Waals surface area contributed by atoms with Gasteiger partial charge >= 0.3 is 12.0 Å². The maximum atomic E-state index is 13.9. The number of halogens is 1. The number of methoxy groups -OCH3 is 1. The maximum absolute atomic E-state index is 13.9. The first-order valence-electron chi connectivity index (χ1n) is 9.47. The van der Waals surface area contributed by atoms with Crippen LogP contribution < -0.4 is 14.8 Å². The number of nitrogens with zero attached hydrogens (tertiary/aromatic N) is 1. The number of esters is 1. The normalized spacial score (nSPS) is 14.5. The number of urea groups is 1. The van der Waals surface area contributed by atoms with Crippen molar-refractivity contribution in [1.82, 2.24) is 10.2 Å². The SMILES string of the molecule is CCOC(=O)COc1ccc(/C=C2/NC(=O)N(Cc3ccccc3F)C2=O)cc1OC. The molecular weight excluding hydrogens is 407 g/mol. The highest BCUT2D eigenvalue weighted by atomic mass is 19.1. The lowest BCUT2D eigenvalue weighted by atomic mass is 10.1. The Morgan fingerprint density at radius 2 is 1.94 bits per heavy atom. The minimum absolute atomic E-state index is 0.0450. The fourth-order valence-electron chi connectivity index (χ4n) is 2.91. The Hall–Kier alpha value is -3.88. The summed E-state index contributed by atoms with van der Waals surface area (Å²) >= 11 is 0. The summed E-state index contributed by atoms with van der Waals surface area (Å²) in [7, 11) is 1.43. The maximum Gasteiger partial charge on any atom is 0.344 e. The molecule has 3 rings (SSSR count). The molecule has 0 spiro atoms. The van der Waals surface area contributed by atoms with Crippen LogP contribution >= 0.6 is 0 Å². The van der Waals surface area contributed by atoms with Gasteiger partial charge in [-0.05, 0) is 36.8 Å². The number of ether oxygens (including phenoxy) is 3. The number of amides is 3. The van der Waals surface area contributed by atoms with Crippen molar-refractivity contribution in [2.45, 2.75) is 13.5 Å². The highest BCUT2D eigenvalue weighted by Crippen LogP contribution is 2.29. The molecule has 3 amide bonds. The van der Waals surface area contributed by atoms with Gasteiger partial charge in [0.2, 0.25) is 0 Å². The van der Waals surface area contributed by atoms with E-state index in [-0.39, 0.29) is 31.0 Å². The van der Waals surface area contributed by atoms with Crippen molar-refractivity contribution in [2.24, 2.45) is 0 Å². The third kappa shape index (κ3) is 5.19. The molecule has 0 aliphatic carbocycles. The monoisotopic (exact) mass is 428 g/mol. The number of hydrogen-bond donors (Lipinski definition) is 1. The zero-order chi connectivity index (χ0) is 22.4. The number of rotatable bonds is 8. The highest BCUT2D eigenvalue weighted by Gasteiger charge is 2.34. The molecule has 1 fully saturated rings. The van der Waals surface area contributed by atoms with Crippen LogP contribution in [0.3, 0.4) is 0 Å². The Labute approximate surface area is 178 Å². The predicted octanol–water partition coefficient (Wildman–Crippen LogP) is 2.87. The Morgan fingerprint density at radius 1 is 1.16 bits per heavy atom. The summed E-state index contributed by atoms with van der Waals surface area (Å²) in [5, 5.41) is 2.49. The zero-order valence-corrected chi connectivity index (χ0v) is 17.0. The topological polar surface area (TPSA) is 94.2 Å². The highest BCUT2D eigenvalue weighted by molar-refractivity contribution is 6.13. The molecule has 1 aliphatic rings. The first kappa shape index (κ1) is 21.8. The van der Waals surface area contributed by atoms with E-state index in [0.29, 0.717) is 17.1 Å². The van der Waals surface area contributed by atoms with E-state index < -0.39 is 23.7 Å². The van der Waals surface area contributed by atoms with Gasteiger partial charge in [-0.3, -0.25) is 9.69 Å². The van der Waals surface area contributed by atoms with Crippen molar-refractivity contribution >= 4 is 24.0 Å². The van der Waals surface area contributed by atoms with Gasteiger partial charge in [-0.15, -0.1) is 0 Å². The largest absolute Gasteiger partial charge is 0.493 e. The van der Waals surface area contributed by atoms with Gasteiger partial charge in [0.15, 0.2) is 18.1 Å². The molecule has 1 heterocycles. The molecule has 9 heteroatoms. The predicted molar refractivity (Wildman–Crippen MR) is 109 cm³/mol. The van der Waals surface area contributed by atoms with Crippen molar-refractivity contribution in [3.05, 3.63) is 65.1 Å². The third-order valence-corrected chi connectivity index (χ3v) is 4.40. The van der Waals surface area contributed by atoms with Crippen molar-refractivity contribution in [3.63, 3.8) is 0 Å². The molecule has 0 aromatic heterocycles. The molecule has 162 valence electrons. The molecule has 0 saturated carbocycles. The molecular formula is C22H21FN2O6. The number of carbonyl (C=O) groups is 3. The first-order valence-corrected chi connectivity index (χ1v) is 9.47. The fourth-order valence-corrected chi connectivity index (χ4v) is 2.91. The van der Waals surface area contributed by atoms with Crippen molar-refractivity contribution in [2.75, 3.05) is 20.3 Å². The number of carbonyl (C=O) groups excluding carboxylic acids is 3. The summed E-state index contributed by atoms with van der Waals surface area (Å²) < 4.78 is 29.4. The van der Waals surface area contributed by atoms with Crippen molar-refractivity contribution in [3.8, 4) is 11.5 Å². The number of benzene rings is 2. The lowest BCUT2D eigenvalue weighted by Crippen LogP contribution is -2.30. The van der Waals surface area contributed by atoms with Crippen LogP contribution in [-0.2, 0) is 20.9 Å². The molecule has 31 heavy (non-hydrogen) atoms. The van der Waals surface area contributed by atoms with E-state index in [9.17, 15) is 18.8 Å². The van der Waals surface area contributed by atoms with Crippen LogP contribution in [0.4, 0.5) is 9.18 Å². The summed E-state index contributed by atoms with van der Waals surface area (Å²) in [5.74, 6) is -0.928. The van der Waals surface area contributed by atoms with Gasteiger partial charge in [0.25, 0.3) is 5.91 Å². The second-order valence-electron chi connectivity index (χ2n) is 6.47. The molecule has 1 saturated heterocycles. The summed E-state index contributed by atoms with van der Waals surface area (Å²) in [6, 6.07) is 10.1. The van der Waals surface area contributed by atoms with Gasteiger partial charge in [-0.1, -0.05) is 24.3 Å². The van der Waals surface area contributed by atoms with Crippen LogP contribution in [0.5, 0.6) is 11.5 Å². The van der Waals surface area contributed by atoms with E-state index in [0.717, 1.165) is 4.90 Å². The van der Waals surface area contributed by atoms with Crippen LogP contribution in [0.15, 0.2) is 48.2 Å². The lowest BCUT2D eigenvalue weighted by molar-refractivity contribution is -0.145. The number of nitrogens with one attached hydrogen (secondary N) is 1. The van der Waals surface area contributed by atoms with Crippen molar-refractivity contribution in [1.29, 1.82) is 0 Å². The van der Waals surface area contributed by atoms with Gasteiger partial charge in [-0.2, -0.15) is 0 Å². The minimum atomic E-state index is -0.638. The van der Waals surface area contributed by atoms with Crippen molar-refractivity contribution < 1.29 is 33.0 Å². The zero-order valence-electron chi connectivity index (χ0n) is 17.0. The molecule has 8 nitrogen and oxygen atoms in total. The van der Waals surface area contributed by atoms with Crippen LogP contribution in [0.25, 0.3) is 6.08 Å². The van der Waals surface area contributed by atoms with Gasteiger partial charge in [0, 0.05) is 5.56 Å². The van der Waals surface area contributed by atoms with Gasteiger partial charge in [0.1, 0.15) is 11.5 Å². The molecule has 0 bridgehead atoms. The summed E-state index contributed by atoms with van der Waals surface area (Å²) in [6.07, 6.45) is 1.47. The first-order chi connectivity index (χ1) is 14.9. The Bertz CT molecular complexity index is 1040. The average Bonchev–Trinajstić information content (AvgIpc) is 3.01. The number of imide groups is 1. The van der Waals surface area contributed by atoms with E-state index in [1.807, 2.05) is 0 Å². The van der Waals surface area contributed by atoms with E-state index in [4.69, 9.17) is 14.2 Å². The van der Waals surface area contributed by atoms with E-state index in [1.54, 1.807) is 31.2 Å².